The Morgan fingerprint density at radius 2 is 1.87 bits per heavy atom. The van der Waals surface area contributed by atoms with Crippen molar-refractivity contribution in [2.24, 2.45) is 4.99 Å². The summed E-state index contributed by atoms with van der Waals surface area (Å²) in [5.74, 6) is 0.456. The van der Waals surface area contributed by atoms with Gasteiger partial charge in [0.25, 0.3) is 0 Å². The van der Waals surface area contributed by atoms with Crippen molar-refractivity contribution in [3.05, 3.63) is 71.5 Å². The largest absolute Gasteiger partial charge is 0.367 e. The molecule has 1 saturated heterocycles. The van der Waals surface area contributed by atoms with Crippen molar-refractivity contribution < 1.29 is 13.9 Å². The maximum Gasteiger partial charge on any atom is 0.222 e. The van der Waals surface area contributed by atoms with E-state index in [-0.39, 0.29) is 23.9 Å². The van der Waals surface area contributed by atoms with Gasteiger partial charge in [0, 0.05) is 33.1 Å². The van der Waals surface area contributed by atoms with E-state index >= 15 is 0 Å². The number of benzene rings is 2. The number of nitrogens with one attached hydrogen (secondary N) is 2. The van der Waals surface area contributed by atoms with E-state index < -0.39 is 0 Å². The molecule has 0 radical (unpaired) electrons. The first kappa shape index (κ1) is 21.8. The van der Waals surface area contributed by atoms with Gasteiger partial charge in [0.15, 0.2) is 5.96 Å². The van der Waals surface area contributed by atoms with Gasteiger partial charge in [-0.25, -0.2) is 4.39 Å². The summed E-state index contributed by atoms with van der Waals surface area (Å²) in [6.45, 7) is 4.31. The molecule has 0 aromatic heterocycles. The number of amides is 1. The van der Waals surface area contributed by atoms with Crippen molar-refractivity contribution in [2.75, 3.05) is 26.7 Å². The number of hydrogen-bond acceptors (Lipinski definition) is 3. The van der Waals surface area contributed by atoms with Crippen molar-refractivity contribution in [3.63, 3.8) is 0 Å². The predicted molar refractivity (Wildman–Crippen MR) is 116 cm³/mol. The summed E-state index contributed by atoms with van der Waals surface area (Å²) in [6.07, 6.45) is 0.191. The molecular formula is C23H29FN4O2. The lowest BCUT2D eigenvalue weighted by Crippen LogP contribution is -2.51. The third-order valence-corrected chi connectivity index (χ3v) is 4.98. The molecule has 3 rings (SSSR count). The molecule has 1 aliphatic heterocycles. The van der Waals surface area contributed by atoms with Gasteiger partial charge in [0.1, 0.15) is 11.9 Å². The molecule has 1 amide bonds. The zero-order chi connectivity index (χ0) is 21.3. The number of halogens is 1. The lowest BCUT2D eigenvalue weighted by molar-refractivity contribution is -0.121. The second kappa shape index (κ2) is 10.7. The quantitative estimate of drug-likeness (QED) is 0.566. The van der Waals surface area contributed by atoms with Crippen LogP contribution in [0.5, 0.6) is 0 Å². The Morgan fingerprint density at radius 3 is 2.57 bits per heavy atom. The van der Waals surface area contributed by atoms with E-state index in [9.17, 15) is 9.18 Å². The SMILES string of the molecule is CN=C(NCCC(=O)NCc1ccccc1)N1CC(C)OC(c2ccc(F)cc2)C1. The summed E-state index contributed by atoms with van der Waals surface area (Å²) < 4.78 is 19.3. The number of nitrogens with zero attached hydrogens (tertiary/aromatic N) is 2. The van der Waals surface area contributed by atoms with E-state index in [0.717, 1.165) is 17.1 Å². The van der Waals surface area contributed by atoms with E-state index in [1.165, 1.54) is 12.1 Å². The molecule has 1 fully saturated rings. The minimum Gasteiger partial charge on any atom is -0.367 e. The van der Waals surface area contributed by atoms with Crippen LogP contribution in [0.25, 0.3) is 0 Å². The van der Waals surface area contributed by atoms with E-state index in [2.05, 4.69) is 20.5 Å². The molecule has 30 heavy (non-hydrogen) atoms. The van der Waals surface area contributed by atoms with Crippen LogP contribution in [0, 0.1) is 5.82 Å². The maximum absolute atomic E-state index is 13.2. The average molecular weight is 413 g/mol. The summed E-state index contributed by atoms with van der Waals surface area (Å²) >= 11 is 0. The van der Waals surface area contributed by atoms with Gasteiger partial charge in [-0.1, -0.05) is 42.5 Å². The van der Waals surface area contributed by atoms with Gasteiger partial charge < -0.3 is 20.3 Å². The molecule has 1 heterocycles. The monoisotopic (exact) mass is 412 g/mol. The van der Waals surface area contributed by atoms with Crippen LogP contribution >= 0.6 is 0 Å². The molecule has 2 aromatic rings. The Hall–Kier alpha value is -2.93. The highest BCUT2D eigenvalue weighted by Gasteiger charge is 2.28. The number of aliphatic imine (C=N–C) groups is 1. The fourth-order valence-corrected chi connectivity index (χ4v) is 3.49. The number of morpholine rings is 1. The second-order valence-corrected chi connectivity index (χ2v) is 7.38. The summed E-state index contributed by atoms with van der Waals surface area (Å²) in [5.41, 5.74) is 2.01. The van der Waals surface area contributed by atoms with E-state index in [1.807, 2.05) is 37.3 Å². The first-order valence-corrected chi connectivity index (χ1v) is 10.2. The third kappa shape index (κ3) is 6.29. The first-order chi connectivity index (χ1) is 14.5. The van der Waals surface area contributed by atoms with E-state index in [4.69, 9.17) is 4.74 Å². The van der Waals surface area contributed by atoms with E-state index in [1.54, 1.807) is 19.2 Å². The summed E-state index contributed by atoms with van der Waals surface area (Å²) in [6, 6.07) is 16.2. The topological polar surface area (TPSA) is 66.0 Å². The van der Waals surface area contributed by atoms with Crippen LogP contribution < -0.4 is 10.6 Å². The second-order valence-electron chi connectivity index (χ2n) is 7.38. The molecule has 2 N–H and O–H groups in total. The number of carbonyl (C=O) groups is 1. The fourth-order valence-electron chi connectivity index (χ4n) is 3.49. The number of rotatable bonds is 6. The fraction of sp³-hybridized carbons (Fsp3) is 0.391. The summed E-state index contributed by atoms with van der Waals surface area (Å²) in [4.78, 5) is 18.6. The van der Waals surface area contributed by atoms with Crippen molar-refractivity contribution in [1.82, 2.24) is 15.5 Å². The van der Waals surface area contributed by atoms with Gasteiger partial charge in [-0.3, -0.25) is 9.79 Å². The molecule has 1 aliphatic rings. The molecule has 7 heteroatoms. The van der Waals surface area contributed by atoms with Crippen LogP contribution in [0.4, 0.5) is 4.39 Å². The van der Waals surface area contributed by atoms with Gasteiger partial charge >= 0.3 is 0 Å². The van der Waals surface area contributed by atoms with Crippen molar-refractivity contribution in [2.45, 2.75) is 32.1 Å². The number of ether oxygens (including phenoxy) is 1. The van der Waals surface area contributed by atoms with Gasteiger partial charge in [0.2, 0.25) is 5.91 Å². The molecule has 2 aromatic carbocycles. The minimum absolute atomic E-state index is 0.00141. The zero-order valence-electron chi connectivity index (χ0n) is 17.5. The van der Waals surface area contributed by atoms with Crippen LogP contribution in [0.15, 0.2) is 59.6 Å². The highest BCUT2D eigenvalue weighted by Crippen LogP contribution is 2.25. The van der Waals surface area contributed by atoms with Gasteiger partial charge in [0.05, 0.1) is 12.6 Å². The Bertz CT molecular complexity index is 842. The van der Waals surface area contributed by atoms with Crippen LogP contribution in [0.1, 0.15) is 30.6 Å². The number of hydrogen-bond donors (Lipinski definition) is 2. The van der Waals surface area contributed by atoms with Crippen molar-refractivity contribution >= 4 is 11.9 Å². The van der Waals surface area contributed by atoms with E-state index in [0.29, 0.717) is 32.6 Å². The van der Waals surface area contributed by atoms with Crippen molar-refractivity contribution in [1.29, 1.82) is 0 Å². The average Bonchev–Trinajstić information content (AvgIpc) is 2.76. The summed E-state index contributed by atoms with van der Waals surface area (Å²) in [7, 11) is 1.73. The zero-order valence-corrected chi connectivity index (χ0v) is 17.5. The molecule has 0 aliphatic carbocycles. The standard InChI is InChI=1S/C23H29FN4O2/c1-17-15-28(16-21(30-17)19-8-10-20(24)11-9-19)23(25-2)26-13-12-22(29)27-14-18-6-4-3-5-7-18/h3-11,17,21H,12-16H2,1-2H3,(H,25,26)(H,27,29). The molecule has 0 bridgehead atoms. The number of guanidine groups is 1. The predicted octanol–water partition coefficient (Wildman–Crippen LogP) is 2.87. The van der Waals surface area contributed by atoms with Crippen LogP contribution in [-0.4, -0.2) is 49.6 Å². The van der Waals surface area contributed by atoms with Gasteiger partial charge in [-0.05, 0) is 30.2 Å². The first-order valence-electron chi connectivity index (χ1n) is 10.2. The Kier molecular flexibility index (Phi) is 7.79. The Labute approximate surface area is 177 Å². The number of carbonyl (C=O) groups excluding carboxylic acids is 1. The minimum atomic E-state index is -0.262. The molecule has 6 nitrogen and oxygen atoms in total. The summed E-state index contributed by atoms with van der Waals surface area (Å²) in [5, 5.41) is 6.20. The molecule has 2 atom stereocenters. The third-order valence-electron chi connectivity index (χ3n) is 4.98. The van der Waals surface area contributed by atoms with Crippen molar-refractivity contribution in [3.8, 4) is 0 Å². The molecule has 2 unspecified atom stereocenters. The lowest BCUT2D eigenvalue weighted by atomic mass is 10.1. The van der Waals surface area contributed by atoms with Crippen LogP contribution in [0.3, 0.4) is 0 Å². The Morgan fingerprint density at radius 1 is 1.13 bits per heavy atom. The lowest BCUT2D eigenvalue weighted by Gasteiger charge is -2.38. The smallest absolute Gasteiger partial charge is 0.222 e. The maximum atomic E-state index is 13.2. The van der Waals surface area contributed by atoms with Gasteiger partial charge in [-0.2, -0.15) is 0 Å². The highest BCUT2D eigenvalue weighted by molar-refractivity contribution is 5.81. The van der Waals surface area contributed by atoms with Gasteiger partial charge in [-0.15, -0.1) is 0 Å². The highest BCUT2D eigenvalue weighted by atomic mass is 19.1. The van der Waals surface area contributed by atoms with Crippen LogP contribution in [0.2, 0.25) is 0 Å². The van der Waals surface area contributed by atoms with Crippen LogP contribution in [-0.2, 0) is 16.1 Å². The molecular weight excluding hydrogens is 383 g/mol. The molecule has 0 spiro atoms. The Balaban J connectivity index is 1.48. The molecule has 160 valence electrons. The normalized spacial score (nSPS) is 19.4. The molecule has 0 saturated carbocycles.